The van der Waals surface area contributed by atoms with Crippen molar-refractivity contribution in [3.05, 3.63) is 110 Å². The molecule has 0 saturated carbocycles. The SMILES string of the molecule is COc1ccc(Cn2cc(N3C(=O)C(N)=C(C(=Nc4cnc(N(C)C(=O)OC(C)(C)C)nc4OC)C(C)C)C3c3ccc(C#N)cc3)cc(Cl)c2=O)cc1. The van der Waals surface area contributed by atoms with E-state index in [4.69, 9.17) is 36.5 Å². The number of aliphatic imine (C=N–C) groups is 1. The van der Waals surface area contributed by atoms with Crippen LogP contribution in [0, 0.1) is 17.2 Å². The Kier molecular flexibility index (Phi) is 11.4. The molecule has 0 fully saturated rings. The van der Waals surface area contributed by atoms with Gasteiger partial charge in [0.05, 0.1) is 56.0 Å². The molecule has 0 saturated heterocycles. The lowest BCUT2D eigenvalue weighted by Crippen LogP contribution is -2.35. The van der Waals surface area contributed by atoms with Crippen LogP contribution in [0.25, 0.3) is 0 Å². The molecule has 1 unspecified atom stereocenters. The van der Waals surface area contributed by atoms with Gasteiger partial charge in [-0.1, -0.05) is 49.7 Å². The maximum absolute atomic E-state index is 14.3. The molecule has 5 rings (SSSR count). The largest absolute Gasteiger partial charge is 0.497 e. The van der Waals surface area contributed by atoms with Crippen molar-refractivity contribution in [1.29, 1.82) is 5.26 Å². The van der Waals surface area contributed by atoms with Crippen LogP contribution in [-0.2, 0) is 16.1 Å². The topological polar surface area (TPSA) is 178 Å². The van der Waals surface area contributed by atoms with E-state index in [2.05, 4.69) is 16.0 Å². The fraction of sp³-hybridized carbons (Fsp3) is 0.308. The number of pyridine rings is 1. The normalized spacial score (nSPS) is 14.7. The van der Waals surface area contributed by atoms with Crippen LogP contribution in [0.5, 0.6) is 11.6 Å². The number of nitriles is 1. The van der Waals surface area contributed by atoms with Crippen molar-refractivity contribution in [2.24, 2.45) is 16.6 Å². The molecule has 2 N–H and O–H groups in total. The van der Waals surface area contributed by atoms with E-state index in [1.807, 2.05) is 26.0 Å². The van der Waals surface area contributed by atoms with Crippen molar-refractivity contribution in [2.45, 2.75) is 52.8 Å². The zero-order chi connectivity index (χ0) is 39.5. The van der Waals surface area contributed by atoms with Gasteiger partial charge in [-0.15, -0.1) is 0 Å². The molecule has 54 heavy (non-hydrogen) atoms. The predicted molar refractivity (Wildman–Crippen MR) is 206 cm³/mol. The minimum Gasteiger partial charge on any atom is -0.497 e. The van der Waals surface area contributed by atoms with Crippen LogP contribution in [0.1, 0.15) is 57.4 Å². The molecular formula is C39H41ClN8O6. The van der Waals surface area contributed by atoms with Gasteiger partial charge in [-0.2, -0.15) is 10.2 Å². The van der Waals surface area contributed by atoms with Crippen molar-refractivity contribution >= 4 is 46.6 Å². The molecule has 0 radical (unpaired) electrons. The van der Waals surface area contributed by atoms with E-state index >= 15 is 0 Å². The van der Waals surface area contributed by atoms with Gasteiger partial charge in [-0.25, -0.2) is 19.7 Å². The summed E-state index contributed by atoms with van der Waals surface area (Å²) >= 11 is 6.55. The molecule has 2 aromatic heterocycles. The highest BCUT2D eigenvalue weighted by molar-refractivity contribution is 6.31. The number of hydrogen-bond acceptors (Lipinski definition) is 11. The molecular weight excluding hydrogens is 712 g/mol. The Morgan fingerprint density at radius 2 is 1.76 bits per heavy atom. The van der Waals surface area contributed by atoms with E-state index in [1.54, 1.807) is 70.5 Å². The molecule has 280 valence electrons. The monoisotopic (exact) mass is 752 g/mol. The first-order valence-corrected chi connectivity index (χ1v) is 17.3. The first-order valence-electron chi connectivity index (χ1n) is 16.9. The fourth-order valence-electron chi connectivity index (χ4n) is 5.78. The molecule has 2 aromatic carbocycles. The molecule has 14 nitrogen and oxygen atoms in total. The summed E-state index contributed by atoms with van der Waals surface area (Å²) in [5, 5.41) is 9.43. The number of nitrogens with zero attached hydrogens (tertiary/aromatic N) is 7. The number of rotatable bonds is 10. The number of nitrogens with two attached hydrogens (primary N) is 1. The van der Waals surface area contributed by atoms with Gasteiger partial charge in [-0.05, 0) is 68.1 Å². The number of halogens is 1. The summed E-state index contributed by atoms with van der Waals surface area (Å²) in [4.78, 5) is 56.7. The van der Waals surface area contributed by atoms with E-state index in [-0.39, 0.29) is 40.7 Å². The highest BCUT2D eigenvalue weighted by Gasteiger charge is 2.43. The quantitative estimate of drug-likeness (QED) is 0.180. The number of anilines is 2. The number of ether oxygens (including phenoxy) is 3. The Labute approximate surface area is 318 Å². The second kappa shape index (κ2) is 15.8. The van der Waals surface area contributed by atoms with E-state index < -0.39 is 29.2 Å². The number of aromatic nitrogens is 3. The third kappa shape index (κ3) is 8.21. The number of carbonyl (C=O) groups is 2. The molecule has 3 heterocycles. The minimum absolute atomic E-state index is 0.0178. The zero-order valence-electron chi connectivity index (χ0n) is 31.2. The average molecular weight is 753 g/mol. The Balaban J connectivity index is 1.64. The minimum atomic E-state index is -0.862. The molecule has 1 atom stereocenters. The highest BCUT2D eigenvalue weighted by Crippen LogP contribution is 2.43. The molecule has 2 amide bonds. The Hall–Kier alpha value is -6.20. The van der Waals surface area contributed by atoms with Crippen LogP contribution in [0.15, 0.2) is 88.0 Å². The molecule has 0 aliphatic carbocycles. The van der Waals surface area contributed by atoms with Gasteiger partial charge in [0.25, 0.3) is 11.5 Å². The van der Waals surface area contributed by atoms with Crippen LogP contribution in [0.2, 0.25) is 5.02 Å². The summed E-state index contributed by atoms with van der Waals surface area (Å²) in [5.74, 6) is -0.120. The predicted octanol–water partition coefficient (Wildman–Crippen LogP) is 6.33. The summed E-state index contributed by atoms with van der Waals surface area (Å²) in [6.45, 7) is 9.20. The van der Waals surface area contributed by atoms with Crippen molar-refractivity contribution < 1.29 is 23.8 Å². The summed E-state index contributed by atoms with van der Waals surface area (Å²) < 4.78 is 17.7. The standard InChI is InChI=1S/C39H41ClN8O6/c1-22(2)32(44-29-19-43-37(45-34(29)53-8)46(6)38(51)54-39(3,4)5)30-31(42)36(50)48(33(30)25-13-9-23(18-41)10-14-25)26-17-28(40)35(49)47(21-26)20-24-11-15-27(52-7)16-12-24/h9-17,19,21-22,33H,20,42H2,1-8H3. The first-order chi connectivity index (χ1) is 25.6. The van der Waals surface area contributed by atoms with Crippen molar-refractivity contribution in [1.82, 2.24) is 14.5 Å². The summed E-state index contributed by atoms with van der Waals surface area (Å²) in [6, 6.07) is 16.7. The summed E-state index contributed by atoms with van der Waals surface area (Å²) in [5.41, 5.74) is 8.62. The van der Waals surface area contributed by atoms with Gasteiger partial charge in [0.15, 0.2) is 0 Å². The van der Waals surface area contributed by atoms with Gasteiger partial charge in [-0.3, -0.25) is 14.5 Å². The van der Waals surface area contributed by atoms with Gasteiger partial charge < -0.3 is 24.5 Å². The second-order valence-corrected chi connectivity index (χ2v) is 14.1. The number of amides is 2. The first kappa shape index (κ1) is 39.0. The maximum Gasteiger partial charge on any atom is 0.416 e. The van der Waals surface area contributed by atoms with Crippen LogP contribution in [0.3, 0.4) is 0 Å². The van der Waals surface area contributed by atoms with Crippen molar-refractivity contribution in [2.75, 3.05) is 31.1 Å². The lowest BCUT2D eigenvalue weighted by atomic mass is 9.89. The average Bonchev–Trinajstić information content (AvgIpc) is 3.40. The number of benzene rings is 2. The lowest BCUT2D eigenvalue weighted by molar-refractivity contribution is -0.114. The van der Waals surface area contributed by atoms with Crippen LogP contribution < -0.4 is 30.6 Å². The Morgan fingerprint density at radius 1 is 1.09 bits per heavy atom. The zero-order valence-corrected chi connectivity index (χ0v) is 32.0. The van der Waals surface area contributed by atoms with E-state index in [1.165, 1.54) is 35.9 Å². The van der Waals surface area contributed by atoms with Crippen LogP contribution >= 0.6 is 11.6 Å². The molecule has 15 heteroatoms. The van der Waals surface area contributed by atoms with Crippen molar-refractivity contribution in [3.8, 4) is 17.7 Å². The van der Waals surface area contributed by atoms with Crippen LogP contribution in [-0.4, -0.2) is 59.1 Å². The van der Waals surface area contributed by atoms with Crippen molar-refractivity contribution in [3.63, 3.8) is 0 Å². The molecule has 1 aliphatic heterocycles. The van der Waals surface area contributed by atoms with Gasteiger partial charge in [0.2, 0.25) is 11.8 Å². The number of carbonyl (C=O) groups excluding carboxylic acids is 2. The molecule has 4 aromatic rings. The van der Waals surface area contributed by atoms with E-state index in [9.17, 15) is 19.6 Å². The van der Waals surface area contributed by atoms with Crippen LogP contribution in [0.4, 0.5) is 22.1 Å². The fourth-order valence-corrected chi connectivity index (χ4v) is 6.00. The Bertz CT molecular complexity index is 2240. The summed E-state index contributed by atoms with van der Waals surface area (Å²) in [7, 11) is 4.45. The Morgan fingerprint density at radius 3 is 2.33 bits per heavy atom. The van der Waals surface area contributed by atoms with Gasteiger partial charge in [0, 0.05) is 18.8 Å². The molecule has 0 spiro atoms. The number of methoxy groups -OCH3 is 2. The second-order valence-electron chi connectivity index (χ2n) is 13.7. The number of hydrogen-bond donors (Lipinski definition) is 1. The van der Waals surface area contributed by atoms with E-state index in [0.717, 1.165) is 10.5 Å². The van der Waals surface area contributed by atoms with E-state index in [0.29, 0.717) is 33.8 Å². The molecule has 0 bridgehead atoms. The molecule has 1 aliphatic rings. The maximum atomic E-state index is 14.3. The lowest BCUT2D eigenvalue weighted by Gasteiger charge is -2.29. The van der Waals surface area contributed by atoms with Gasteiger partial charge >= 0.3 is 6.09 Å². The smallest absolute Gasteiger partial charge is 0.416 e. The third-order valence-electron chi connectivity index (χ3n) is 8.39. The summed E-state index contributed by atoms with van der Waals surface area (Å²) in [6.07, 6.45) is 2.31. The third-order valence-corrected chi connectivity index (χ3v) is 8.66. The van der Waals surface area contributed by atoms with Gasteiger partial charge in [0.1, 0.15) is 27.8 Å². The highest BCUT2D eigenvalue weighted by atomic mass is 35.5.